The third-order valence-corrected chi connectivity index (χ3v) is 3.68. The Bertz CT molecular complexity index is 264. The lowest BCUT2D eigenvalue weighted by Gasteiger charge is -2.11. The highest BCUT2D eigenvalue weighted by Gasteiger charge is 2.08. The second kappa shape index (κ2) is 15.7. The number of hydrogen-bond acceptors (Lipinski definition) is 3. The van der Waals surface area contributed by atoms with Crippen LogP contribution in [0.2, 0.25) is 0 Å². The number of rotatable bonds is 14. The molecule has 3 nitrogen and oxygen atoms in total. The molecule has 0 amide bonds. The third kappa shape index (κ3) is 14.1. The monoisotopic (exact) mass is 297 g/mol. The number of hydrogen-bond donors (Lipinski definition) is 3. The third-order valence-electron chi connectivity index (χ3n) is 3.68. The van der Waals surface area contributed by atoms with Crippen molar-refractivity contribution < 1.29 is 10.2 Å². The van der Waals surface area contributed by atoms with E-state index in [4.69, 9.17) is 10.8 Å². The van der Waals surface area contributed by atoms with Crippen molar-refractivity contribution in [3.8, 4) is 0 Å². The Kier molecular flexibility index (Phi) is 15.3. The minimum Gasteiger partial charge on any atom is -0.395 e. The van der Waals surface area contributed by atoms with Gasteiger partial charge in [0.1, 0.15) is 0 Å². The first-order valence-corrected chi connectivity index (χ1v) is 8.60. The summed E-state index contributed by atoms with van der Waals surface area (Å²) in [6, 6.07) is -0.591. The zero-order valence-electron chi connectivity index (χ0n) is 13.7. The molecule has 0 saturated carbocycles. The Morgan fingerprint density at radius 2 is 1.48 bits per heavy atom. The Morgan fingerprint density at radius 1 is 0.905 bits per heavy atom. The zero-order valence-corrected chi connectivity index (χ0v) is 13.7. The maximum Gasteiger partial charge on any atom is 0.0897 e. The van der Waals surface area contributed by atoms with Crippen molar-refractivity contribution in [2.45, 2.75) is 83.3 Å². The Balaban J connectivity index is 3.34. The molecular weight excluding hydrogens is 262 g/mol. The van der Waals surface area contributed by atoms with Gasteiger partial charge in [0.15, 0.2) is 0 Å². The van der Waals surface area contributed by atoms with E-state index in [2.05, 4.69) is 13.0 Å². The van der Waals surface area contributed by atoms with Crippen molar-refractivity contribution in [1.82, 2.24) is 0 Å². The summed E-state index contributed by atoms with van der Waals surface area (Å²) in [5.41, 5.74) is 5.49. The van der Waals surface area contributed by atoms with Gasteiger partial charge in [0.05, 0.1) is 18.8 Å². The highest BCUT2D eigenvalue weighted by atomic mass is 16.3. The summed E-state index contributed by atoms with van der Waals surface area (Å²) in [4.78, 5) is 0. The average molecular weight is 297 g/mol. The van der Waals surface area contributed by atoms with Crippen molar-refractivity contribution in [3.63, 3.8) is 0 Å². The van der Waals surface area contributed by atoms with E-state index in [1.807, 2.05) is 6.08 Å². The highest BCUT2D eigenvalue weighted by molar-refractivity contribution is 5.06. The van der Waals surface area contributed by atoms with Crippen LogP contribution in [0.1, 0.15) is 71.1 Å². The van der Waals surface area contributed by atoms with Gasteiger partial charge in [0.25, 0.3) is 0 Å². The molecule has 2 atom stereocenters. The second-order valence-corrected chi connectivity index (χ2v) is 5.77. The predicted molar refractivity (Wildman–Crippen MR) is 91.2 cm³/mol. The molecule has 0 radical (unpaired) electrons. The van der Waals surface area contributed by atoms with Crippen LogP contribution in [-0.2, 0) is 0 Å². The van der Waals surface area contributed by atoms with Gasteiger partial charge in [-0.05, 0) is 12.8 Å². The number of aliphatic hydroxyl groups is 2. The molecule has 3 heteroatoms. The standard InChI is InChI=1S/C18H35NO2/c1-2-3-4-5-6-7-8-9-10-11-12-13-14-15-18(21)17(19)16-20/h12-15,17-18,20-21H,2-11,16,19H2,1H3/b13-12+,15-14+. The summed E-state index contributed by atoms with van der Waals surface area (Å²) < 4.78 is 0. The summed E-state index contributed by atoms with van der Waals surface area (Å²) in [5, 5.41) is 18.3. The summed E-state index contributed by atoms with van der Waals surface area (Å²) in [6.45, 7) is 2.05. The smallest absolute Gasteiger partial charge is 0.0897 e. The van der Waals surface area contributed by atoms with Crippen LogP contribution in [0.25, 0.3) is 0 Å². The van der Waals surface area contributed by atoms with Gasteiger partial charge in [-0.1, -0.05) is 82.6 Å². The molecule has 0 bridgehead atoms. The fraction of sp³-hybridized carbons (Fsp3) is 0.778. The molecule has 0 spiro atoms. The van der Waals surface area contributed by atoms with E-state index < -0.39 is 12.1 Å². The molecule has 0 aliphatic rings. The van der Waals surface area contributed by atoms with Crippen molar-refractivity contribution in [2.24, 2.45) is 5.73 Å². The highest BCUT2D eigenvalue weighted by Crippen LogP contribution is 2.10. The number of unbranched alkanes of at least 4 members (excludes halogenated alkanes) is 9. The van der Waals surface area contributed by atoms with Gasteiger partial charge >= 0.3 is 0 Å². The van der Waals surface area contributed by atoms with Crippen molar-refractivity contribution >= 4 is 0 Å². The number of nitrogens with two attached hydrogens (primary N) is 1. The molecule has 2 unspecified atom stereocenters. The summed E-state index contributed by atoms with van der Waals surface area (Å²) in [6.07, 6.45) is 20.0. The molecule has 0 aromatic heterocycles. The topological polar surface area (TPSA) is 66.5 Å². The zero-order chi connectivity index (χ0) is 15.8. The lowest BCUT2D eigenvalue weighted by molar-refractivity contribution is 0.144. The molecule has 0 aromatic carbocycles. The van der Waals surface area contributed by atoms with E-state index in [-0.39, 0.29) is 6.61 Å². The molecule has 21 heavy (non-hydrogen) atoms. The van der Waals surface area contributed by atoms with Gasteiger partial charge < -0.3 is 15.9 Å². The van der Waals surface area contributed by atoms with Gasteiger partial charge in [0, 0.05) is 0 Å². The quantitative estimate of drug-likeness (QED) is 0.338. The van der Waals surface area contributed by atoms with Gasteiger partial charge in [-0.2, -0.15) is 0 Å². The van der Waals surface area contributed by atoms with Crippen LogP contribution >= 0.6 is 0 Å². The molecular formula is C18H35NO2. The van der Waals surface area contributed by atoms with Crippen LogP contribution in [0.5, 0.6) is 0 Å². The molecule has 124 valence electrons. The van der Waals surface area contributed by atoms with E-state index in [1.54, 1.807) is 12.2 Å². The van der Waals surface area contributed by atoms with Gasteiger partial charge in [0.2, 0.25) is 0 Å². The van der Waals surface area contributed by atoms with Crippen LogP contribution in [-0.4, -0.2) is 29.0 Å². The number of aliphatic hydroxyl groups excluding tert-OH is 2. The predicted octanol–water partition coefficient (Wildman–Crippen LogP) is 3.70. The summed E-state index contributed by atoms with van der Waals surface area (Å²) in [5.74, 6) is 0. The van der Waals surface area contributed by atoms with Crippen molar-refractivity contribution in [3.05, 3.63) is 24.3 Å². The molecule has 0 rings (SSSR count). The number of allylic oxidation sites excluding steroid dienone is 3. The maximum absolute atomic E-state index is 9.49. The summed E-state index contributed by atoms with van der Waals surface area (Å²) in [7, 11) is 0. The molecule has 0 aliphatic heterocycles. The van der Waals surface area contributed by atoms with E-state index in [1.165, 1.54) is 57.8 Å². The molecule has 0 saturated heterocycles. The first kappa shape index (κ1) is 20.4. The van der Waals surface area contributed by atoms with E-state index in [0.717, 1.165) is 6.42 Å². The van der Waals surface area contributed by atoms with Gasteiger partial charge in [-0.15, -0.1) is 0 Å². The van der Waals surface area contributed by atoms with Crippen molar-refractivity contribution in [2.75, 3.05) is 6.61 Å². The van der Waals surface area contributed by atoms with Gasteiger partial charge in [-0.3, -0.25) is 0 Å². The van der Waals surface area contributed by atoms with Crippen LogP contribution in [0.4, 0.5) is 0 Å². The molecule has 0 fully saturated rings. The van der Waals surface area contributed by atoms with E-state index in [9.17, 15) is 5.11 Å². The fourth-order valence-electron chi connectivity index (χ4n) is 2.18. The maximum atomic E-state index is 9.49. The largest absolute Gasteiger partial charge is 0.395 e. The SMILES string of the molecule is CCCCCCCCCCC/C=C/C=C/C(O)C(N)CO. The van der Waals surface area contributed by atoms with Crippen LogP contribution in [0, 0.1) is 0 Å². The average Bonchev–Trinajstić information content (AvgIpc) is 2.50. The van der Waals surface area contributed by atoms with Crippen LogP contribution < -0.4 is 5.73 Å². The van der Waals surface area contributed by atoms with E-state index >= 15 is 0 Å². The minimum atomic E-state index is -0.771. The van der Waals surface area contributed by atoms with Crippen LogP contribution in [0.3, 0.4) is 0 Å². The Hall–Kier alpha value is -0.640. The van der Waals surface area contributed by atoms with Gasteiger partial charge in [-0.25, -0.2) is 0 Å². The molecule has 0 heterocycles. The lowest BCUT2D eigenvalue weighted by Crippen LogP contribution is -2.36. The lowest BCUT2D eigenvalue weighted by atomic mass is 10.1. The van der Waals surface area contributed by atoms with E-state index in [0.29, 0.717) is 0 Å². The molecule has 0 aromatic rings. The molecule has 4 N–H and O–H groups in total. The summed E-state index contributed by atoms with van der Waals surface area (Å²) >= 11 is 0. The second-order valence-electron chi connectivity index (χ2n) is 5.77. The molecule has 0 aliphatic carbocycles. The van der Waals surface area contributed by atoms with Crippen molar-refractivity contribution in [1.29, 1.82) is 0 Å². The first-order chi connectivity index (χ1) is 10.2. The Morgan fingerprint density at radius 3 is 2.05 bits per heavy atom. The fourth-order valence-corrected chi connectivity index (χ4v) is 2.18. The first-order valence-electron chi connectivity index (χ1n) is 8.60. The minimum absolute atomic E-state index is 0.201. The Labute approximate surface area is 130 Å². The van der Waals surface area contributed by atoms with Crippen LogP contribution in [0.15, 0.2) is 24.3 Å². The normalized spacial score (nSPS) is 15.0.